The van der Waals surface area contributed by atoms with Crippen molar-refractivity contribution in [1.82, 2.24) is 19.8 Å². The highest BCUT2D eigenvalue weighted by Crippen LogP contribution is 2.33. The molecule has 4 heterocycles. The van der Waals surface area contributed by atoms with Crippen LogP contribution in [0.2, 0.25) is 0 Å². The number of likely N-dealkylation sites (tertiary alicyclic amines) is 1. The van der Waals surface area contributed by atoms with Crippen molar-refractivity contribution in [3.05, 3.63) is 52.2 Å². The van der Waals surface area contributed by atoms with E-state index >= 15 is 0 Å². The molecule has 0 spiro atoms. The van der Waals surface area contributed by atoms with Gasteiger partial charge in [-0.05, 0) is 63.9 Å². The highest BCUT2D eigenvalue weighted by Gasteiger charge is 2.29. The molecule has 7 nitrogen and oxygen atoms in total. The van der Waals surface area contributed by atoms with Crippen LogP contribution in [0.5, 0.6) is 6.01 Å². The molecule has 0 bridgehead atoms. The number of nitrogens with zero attached hydrogens (tertiary/aromatic N) is 6. The van der Waals surface area contributed by atoms with E-state index in [2.05, 4.69) is 65.3 Å². The van der Waals surface area contributed by atoms with Crippen LogP contribution in [0, 0.1) is 13.8 Å². The van der Waals surface area contributed by atoms with Gasteiger partial charge in [0.25, 0.3) is 0 Å². The lowest BCUT2D eigenvalue weighted by atomic mass is 10.0. The summed E-state index contributed by atoms with van der Waals surface area (Å²) in [5, 5.41) is 0.696. The lowest BCUT2D eigenvalue weighted by Gasteiger charge is -2.38. The first kappa shape index (κ1) is 25.3. The molecule has 0 unspecified atom stereocenters. The Morgan fingerprint density at radius 1 is 1.08 bits per heavy atom. The molecule has 2 fully saturated rings. The molecule has 1 atom stereocenters. The van der Waals surface area contributed by atoms with Crippen LogP contribution in [0.4, 0.5) is 11.5 Å². The molecule has 3 aliphatic heterocycles. The number of likely N-dealkylation sites (N-methyl/N-ethyl adjacent to an activating group) is 1. The van der Waals surface area contributed by atoms with Crippen LogP contribution in [0.1, 0.15) is 35.2 Å². The van der Waals surface area contributed by atoms with Crippen LogP contribution in [-0.4, -0.2) is 85.3 Å². The largest absolute Gasteiger partial charge is 0.462 e. The molecular weight excluding hydrogens is 472 g/mol. The topological polar surface area (TPSA) is 48.0 Å². The van der Waals surface area contributed by atoms with Gasteiger partial charge in [0.2, 0.25) is 0 Å². The number of aryl methyl sites for hydroxylation is 1. The standard InChI is InChI=1S/C28H39ClN6O/c1-20-7-5-9-26(22(20)3)35-12-10-24-25(18-35)30-28(36-19-23-8-6-11-32(23)4)31-27(24)34-15-13-33(14-16-34)17-21(2)29/h5,7,9,23H,2,6,8,10-19H2,1,3-4H3/t23-/m0/s1. The van der Waals surface area contributed by atoms with Gasteiger partial charge in [0.05, 0.1) is 12.2 Å². The molecule has 8 heteroatoms. The highest BCUT2D eigenvalue weighted by molar-refractivity contribution is 6.29. The van der Waals surface area contributed by atoms with Crippen LogP contribution in [0.3, 0.4) is 0 Å². The van der Waals surface area contributed by atoms with Crippen molar-refractivity contribution in [2.24, 2.45) is 0 Å². The first-order valence-corrected chi connectivity index (χ1v) is 13.6. The number of anilines is 2. The smallest absolute Gasteiger partial charge is 0.318 e. The van der Waals surface area contributed by atoms with E-state index in [9.17, 15) is 0 Å². The zero-order valence-corrected chi connectivity index (χ0v) is 22.7. The Bertz CT molecular complexity index is 1100. The summed E-state index contributed by atoms with van der Waals surface area (Å²) in [6.07, 6.45) is 3.33. The van der Waals surface area contributed by atoms with Crippen LogP contribution < -0.4 is 14.5 Å². The fraction of sp³-hybridized carbons (Fsp3) is 0.571. The Hall–Kier alpha value is -2.35. The van der Waals surface area contributed by atoms with Gasteiger partial charge in [-0.2, -0.15) is 9.97 Å². The number of ether oxygens (including phenoxy) is 1. The number of hydrogen-bond donors (Lipinski definition) is 0. The number of fused-ring (bicyclic) bond motifs is 1. The molecule has 0 amide bonds. The van der Waals surface area contributed by atoms with E-state index in [1.165, 1.54) is 35.2 Å². The summed E-state index contributed by atoms with van der Waals surface area (Å²) >= 11 is 6.07. The first-order chi connectivity index (χ1) is 17.4. The van der Waals surface area contributed by atoms with E-state index in [4.69, 9.17) is 26.3 Å². The van der Waals surface area contributed by atoms with E-state index in [0.29, 0.717) is 23.7 Å². The molecule has 0 aliphatic carbocycles. The molecule has 194 valence electrons. The van der Waals surface area contributed by atoms with E-state index in [1.54, 1.807) is 0 Å². The Labute approximate surface area is 220 Å². The van der Waals surface area contributed by atoms with Crippen molar-refractivity contribution in [1.29, 1.82) is 0 Å². The second-order valence-electron chi connectivity index (χ2n) is 10.5. The minimum atomic E-state index is 0.437. The van der Waals surface area contributed by atoms with Crippen molar-refractivity contribution in [2.45, 2.75) is 45.7 Å². The molecule has 36 heavy (non-hydrogen) atoms. The maximum atomic E-state index is 6.27. The third-order valence-electron chi connectivity index (χ3n) is 8.08. The molecule has 1 aromatic heterocycles. The zero-order chi connectivity index (χ0) is 25.2. The minimum absolute atomic E-state index is 0.437. The molecule has 3 aliphatic rings. The number of aromatic nitrogens is 2. The maximum Gasteiger partial charge on any atom is 0.318 e. The minimum Gasteiger partial charge on any atom is -0.462 e. The third-order valence-corrected chi connectivity index (χ3v) is 8.20. The van der Waals surface area contributed by atoms with E-state index in [-0.39, 0.29) is 0 Å². The molecular formula is C28H39ClN6O. The highest BCUT2D eigenvalue weighted by atomic mass is 35.5. The molecule has 2 aromatic rings. The Balaban J connectivity index is 1.40. The van der Waals surface area contributed by atoms with Crippen molar-refractivity contribution < 1.29 is 4.74 Å². The monoisotopic (exact) mass is 510 g/mol. The molecule has 0 radical (unpaired) electrons. The van der Waals surface area contributed by atoms with Gasteiger partial charge in [0.1, 0.15) is 12.4 Å². The van der Waals surface area contributed by atoms with Gasteiger partial charge in [-0.1, -0.05) is 30.3 Å². The van der Waals surface area contributed by atoms with Crippen molar-refractivity contribution in [3.63, 3.8) is 0 Å². The van der Waals surface area contributed by atoms with Gasteiger partial charge >= 0.3 is 6.01 Å². The van der Waals surface area contributed by atoms with Crippen LogP contribution in [0.15, 0.2) is 29.8 Å². The lowest BCUT2D eigenvalue weighted by molar-refractivity contribution is 0.187. The van der Waals surface area contributed by atoms with Gasteiger partial charge in [-0.25, -0.2) is 0 Å². The van der Waals surface area contributed by atoms with Crippen LogP contribution in [0.25, 0.3) is 0 Å². The summed E-state index contributed by atoms with van der Waals surface area (Å²) < 4.78 is 6.27. The quantitative estimate of drug-likeness (QED) is 0.558. The van der Waals surface area contributed by atoms with E-state index in [0.717, 1.165) is 70.3 Å². The van der Waals surface area contributed by atoms with Gasteiger partial charge < -0.3 is 19.4 Å². The Kier molecular flexibility index (Phi) is 7.70. The van der Waals surface area contributed by atoms with Gasteiger partial charge in [-0.3, -0.25) is 4.90 Å². The molecule has 1 aromatic carbocycles. The van der Waals surface area contributed by atoms with Crippen LogP contribution >= 0.6 is 11.6 Å². The lowest BCUT2D eigenvalue weighted by Crippen LogP contribution is -2.47. The average Bonchev–Trinajstić information content (AvgIpc) is 3.28. The average molecular weight is 511 g/mol. The summed E-state index contributed by atoms with van der Waals surface area (Å²) in [5.41, 5.74) is 6.33. The molecule has 2 saturated heterocycles. The number of piperazine rings is 1. The van der Waals surface area contributed by atoms with Gasteiger partial charge in [0.15, 0.2) is 0 Å². The summed E-state index contributed by atoms with van der Waals surface area (Å²) in [7, 11) is 2.18. The van der Waals surface area contributed by atoms with Gasteiger partial charge in [-0.15, -0.1) is 0 Å². The fourth-order valence-corrected chi connectivity index (χ4v) is 5.89. The summed E-state index contributed by atoms with van der Waals surface area (Å²) in [4.78, 5) is 19.6. The van der Waals surface area contributed by atoms with Crippen molar-refractivity contribution >= 4 is 23.1 Å². The molecule has 0 saturated carbocycles. The SMILES string of the molecule is C=C(Cl)CN1CCN(c2nc(OC[C@@H]3CCCN3C)nc3c2CCN(c2cccc(C)c2C)C3)CC1. The predicted octanol–water partition coefficient (Wildman–Crippen LogP) is 4.00. The molecule has 5 rings (SSSR count). The number of benzene rings is 1. The Morgan fingerprint density at radius 2 is 1.89 bits per heavy atom. The summed E-state index contributed by atoms with van der Waals surface area (Å²) in [6.45, 7) is 16.2. The number of halogens is 1. The zero-order valence-electron chi connectivity index (χ0n) is 22.0. The van der Waals surface area contributed by atoms with E-state index < -0.39 is 0 Å². The van der Waals surface area contributed by atoms with Crippen molar-refractivity contribution in [2.75, 3.05) is 69.3 Å². The predicted molar refractivity (Wildman–Crippen MR) is 147 cm³/mol. The fourth-order valence-electron chi connectivity index (χ4n) is 5.72. The number of rotatable bonds is 7. The normalized spacial score (nSPS) is 21.1. The maximum absolute atomic E-state index is 6.27. The van der Waals surface area contributed by atoms with Gasteiger partial charge in [0, 0.05) is 61.6 Å². The summed E-state index contributed by atoms with van der Waals surface area (Å²) in [6, 6.07) is 7.52. The third kappa shape index (κ3) is 5.48. The van der Waals surface area contributed by atoms with Crippen LogP contribution in [-0.2, 0) is 13.0 Å². The second-order valence-corrected chi connectivity index (χ2v) is 11.0. The second kappa shape index (κ2) is 11.0. The number of hydrogen-bond acceptors (Lipinski definition) is 7. The summed E-state index contributed by atoms with van der Waals surface area (Å²) in [5.74, 6) is 1.06. The van der Waals surface area contributed by atoms with Crippen molar-refractivity contribution in [3.8, 4) is 6.01 Å². The molecule has 0 N–H and O–H groups in total. The Morgan fingerprint density at radius 3 is 2.61 bits per heavy atom. The van der Waals surface area contributed by atoms with E-state index in [1.807, 2.05) is 0 Å². The first-order valence-electron chi connectivity index (χ1n) is 13.2.